The van der Waals surface area contributed by atoms with E-state index in [1.54, 1.807) is 24.3 Å². The number of ether oxygens (including phenoxy) is 1. The van der Waals surface area contributed by atoms with Crippen molar-refractivity contribution >= 4 is 56.4 Å². The molecule has 1 aliphatic rings. The van der Waals surface area contributed by atoms with Crippen LogP contribution in [0.15, 0.2) is 41.3 Å². The lowest BCUT2D eigenvalue weighted by Gasteiger charge is -2.31. The molecule has 6 nitrogen and oxygen atoms in total. The summed E-state index contributed by atoms with van der Waals surface area (Å²) >= 11 is 18.0. The third-order valence-electron chi connectivity index (χ3n) is 4.75. The molecule has 0 unspecified atom stereocenters. The molecule has 1 aliphatic heterocycles. The van der Waals surface area contributed by atoms with Crippen LogP contribution in [0.1, 0.15) is 12.8 Å². The van der Waals surface area contributed by atoms with Crippen molar-refractivity contribution in [3.05, 3.63) is 51.5 Å². The van der Waals surface area contributed by atoms with Gasteiger partial charge in [0.05, 0.1) is 17.8 Å². The summed E-state index contributed by atoms with van der Waals surface area (Å²) in [4.78, 5) is 12.6. The first-order valence-electron chi connectivity index (χ1n) is 8.82. The lowest BCUT2D eigenvalue weighted by molar-refractivity contribution is -0.120. The Kier molecular flexibility index (Phi) is 6.96. The van der Waals surface area contributed by atoms with Crippen LogP contribution in [0.3, 0.4) is 0 Å². The normalized spacial score (nSPS) is 15.9. The Morgan fingerprint density at radius 3 is 2.34 bits per heavy atom. The molecule has 1 amide bonds. The second kappa shape index (κ2) is 9.10. The molecule has 1 heterocycles. The molecule has 10 heteroatoms. The standard InChI is InChI=1S/C19H19Cl3N2O4S/c1-28-17-5-3-14(21)11-18(17)29(26,27)24-8-6-12(7-9-24)19(25)23-16-10-13(20)2-4-15(16)22/h2-5,10-12H,6-9H2,1H3,(H,23,25). The monoisotopic (exact) mass is 476 g/mol. The van der Waals surface area contributed by atoms with Gasteiger partial charge in [0, 0.05) is 29.1 Å². The topological polar surface area (TPSA) is 75.7 Å². The summed E-state index contributed by atoms with van der Waals surface area (Å²) in [5.74, 6) is -0.325. The molecule has 0 atom stereocenters. The third kappa shape index (κ3) is 4.98. The number of halogens is 3. The van der Waals surface area contributed by atoms with E-state index in [1.165, 1.54) is 23.5 Å². The van der Waals surface area contributed by atoms with E-state index in [4.69, 9.17) is 39.5 Å². The predicted octanol–water partition coefficient (Wildman–Crippen LogP) is 4.69. The molecule has 1 fully saturated rings. The van der Waals surface area contributed by atoms with Gasteiger partial charge in [0.25, 0.3) is 0 Å². The van der Waals surface area contributed by atoms with Gasteiger partial charge in [-0.05, 0) is 49.2 Å². The molecule has 0 bridgehead atoms. The van der Waals surface area contributed by atoms with Gasteiger partial charge < -0.3 is 10.1 Å². The minimum atomic E-state index is -3.79. The van der Waals surface area contributed by atoms with Gasteiger partial charge in [0.1, 0.15) is 10.6 Å². The molecule has 0 saturated carbocycles. The molecule has 1 N–H and O–H groups in total. The zero-order chi connectivity index (χ0) is 21.2. The van der Waals surface area contributed by atoms with Crippen LogP contribution in [-0.2, 0) is 14.8 Å². The maximum atomic E-state index is 13.0. The molecule has 2 aromatic rings. The van der Waals surface area contributed by atoms with Crippen molar-refractivity contribution < 1.29 is 17.9 Å². The Labute approximate surface area is 184 Å². The minimum absolute atomic E-state index is 0.0149. The fourth-order valence-electron chi connectivity index (χ4n) is 3.18. The Hall–Kier alpha value is -1.51. The fraction of sp³-hybridized carbons (Fsp3) is 0.316. The number of sulfonamides is 1. The van der Waals surface area contributed by atoms with Crippen LogP contribution in [0, 0.1) is 5.92 Å². The molecule has 1 saturated heterocycles. The van der Waals surface area contributed by atoms with E-state index >= 15 is 0 Å². The zero-order valence-corrected chi connectivity index (χ0v) is 18.6. The highest BCUT2D eigenvalue weighted by atomic mass is 35.5. The van der Waals surface area contributed by atoms with Gasteiger partial charge in [-0.2, -0.15) is 4.31 Å². The number of anilines is 1. The number of nitrogens with zero attached hydrogens (tertiary/aromatic N) is 1. The molecule has 29 heavy (non-hydrogen) atoms. The van der Waals surface area contributed by atoms with E-state index < -0.39 is 10.0 Å². The van der Waals surface area contributed by atoms with Gasteiger partial charge in [-0.3, -0.25) is 4.79 Å². The van der Waals surface area contributed by atoms with Crippen molar-refractivity contribution in [3.8, 4) is 5.75 Å². The summed E-state index contributed by atoms with van der Waals surface area (Å²) in [6, 6.07) is 9.27. The van der Waals surface area contributed by atoms with Gasteiger partial charge in [0.2, 0.25) is 15.9 Å². The number of methoxy groups -OCH3 is 1. The average molecular weight is 478 g/mol. The van der Waals surface area contributed by atoms with E-state index in [2.05, 4.69) is 5.32 Å². The summed E-state index contributed by atoms with van der Waals surface area (Å²) in [6.45, 7) is 0.415. The highest BCUT2D eigenvalue weighted by Gasteiger charge is 2.34. The van der Waals surface area contributed by atoms with Crippen LogP contribution < -0.4 is 10.1 Å². The summed E-state index contributed by atoms with van der Waals surface area (Å²) in [6.07, 6.45) is 0.762. The SMILES string of the molecule is COc1ccc(Cl)cc1S(=O)(=O)N1CCC(C(=O)Nc2cc(Cl)ccc2Cl)CC1. The second-order valence-corrected chi connectivity index (χ2v) is 9.77. The zero-order valence-electron chi connectivity index (χ0n) is 15.5. The number of hydrogen-bond donors (Lipinski definition) is 1. The van der Waals surface area contributed by atoms with Crippen molar-refractivity contribution in [2.75, 3.05) is 25.5 Å². The van der Waals surface area contributed by atoms with E-state index in [0.717, 1.165) is 0 Å². The summed E-state index contributed by atoms with van der Waals surface area (Å²) in [7, 11) is -2.39. The summed E-state index contributed by atoms with van der Waals surface area (Å²) in [5.41, 5.74) is 0.433. The summed E-state index contributed by atoms with van der Waals surface area (Å²) < 4.78 is 32.6. The highest BCUT2D eigenvalue weighted by molar-refractivity contribution is 7.89. The van der Waals surface area contributed by atoms with Crippen molar-refractivity contribution in [2.45, 2.75) is 17.7 Å². The van der Waals surface area contributed by atoms with Crippen molar-refractivity contribution in [1.82, 2.24) is 4.31 Å². The van der Waals surface area contributed by atoms with E-state index in [0.29, 0.717) is 33.6 Å². The quantitative estimate of drug-likeness (QED) is 0.677. The first-order valence-corrected chi connectivity index (χ1v) is 11.4. The van der Waals surface area contributed by atoms with Crippen LogP contribution in [0.5, 0.6) is 5.75 Å². The average Bonchev–Trinajstić information content (AvgIpc) is 2.70. The first kappa shape index (κ1) is 22.2. The van der Waals surface area contributed by atoms with E-state index in [-0.39, 0.29) is 35.6 Å². The largest absolute Gasteiger partial charge is 0.495 e. The molecule has 3 rings (SSSR count). The van der Waals surface area contributed by atoms with Crippen molar-refractivity contribution in [2.24, 2.45) is 5.92 Å². The number of carbonyl (C=O) groups is 1. The van der Waals surface area contributed by atoms with Crippen LogP contribution >= 0.6 is 34.8 Å². The van der Waals surface area contributed by atoms with Gasteiger partial charge >= 0.3 is 0 Å². The maximum absolute atomic E-state index is 13.0. The Morgan fingerprint density at radius 2 is 1.69 bits per heavy atom. The Bertz CT molecular complexity index is 1020. The first-order chi connectivity index (χ1) is 13.7. The van der Waals surface area contributed by atoms with Crippen LogP contribution in [0.4, 0.5) is 5.69 Å². The number of hydrogen-bond acceptors (Lipinski definition) is 4. The van der Waals surface area contributed by atoms with Gasteiger partial charge in [0.15, 0.2) is 0 Å². The van der Waals surface area contributed by atoms with Crippen LogP contribution in [-0.4, -0.2) is 38.8 Å². The fourth-order valence-corrected chi connectivity index (χ4v) is 5.40. The second-order valence-electron chi connectivity index (χ2n) is 6.59. The van der Waals surface area contributed by atoms with Gasteiger partial charge in [-0.1, -0.05) is 34.8 Å². The summed E-state index contributed by atoms with van der Waals surface area (Å²) in [5, 5.41) is 3.92. The van der Waals surface area contributed by atoms with E-state index in [9.17, 15) is 13.2 Å². The Balaban J connectivity index is 1.69. The van der Waals surface area contributed by atoms with Gasteiger partial charge in [-0.25, -0.2) is 8.42 Å². The molecule has 0 aromatic heterocycles. The van der Waals surface area contributed by atoms with Crippen molar-refractivity contribution in [1.29, 1.82) is 0 Å². The lowest BCUT2D eigenvalue weighted by Crippen LogP contribution is -2.41. The van der Waals surface area contributed by atoms with Crippen molar-refractivity contribution in [3.63, 3.8) is 0 Å². The van der Waals surface area contributed by atoms with E-state index in [1.807, 2.05) is 0 Å². The molecule has 0 spiro atoms. The molecular formula is C19H19Cl3N2O4S. The number of piperidine rings is 1. The number of amides is 1. The Morgan fingerprint density at radius 1 is 1.07 bits per heavy atom. The third-order valence-corrected chi connectivity index (χ3v) is 7.47. The molecule has 0 aliphatic carbocycles. The molecule has 0 radical (unpaired) electrons. The minimum Gasteiger partial charge on any atom is -0.495 e. The van der Waals surface area contributed by atoms with Crippen LogP contribution in [0.2, 0.25) is 15.1 Å². The molecular weight excluding hydrogens is 459 g/mol. The number of carbonyl (C=O) groups excluding carboxylic acids is 1. The number of nitrogens with one attached hydrogen (secondary N) is 1. The lowest BCUT2D eigenvalue weighted by atomic mass is 9.97. The number of benzene rings is 2. The number of rotatable bonds is 5. The smallest absolute Gasteiger partial charge is 0.246 e. The van der Waals surface area contributed by atoms with Crippen LogP contribution in [0.25, 0.3) is 0 Å². The molecule has 156 valence electrons. The highest BCUT2D eigenvalue weighted by Crippen LogP contribution is 2.32. The molecule has 2 aromatic carbocycles. The van der Waals surface area contributed by atoms with Gasteiger partial charge in [-0.15, -0.1) is 0 Å². The maximum Gasteiger partial charge on any atom is 0.246 e. The predicted molar refractivity (Wildman–Crippen MR) is 115 cm³/mol.